The third kappa shape index (κ3) is 2.96. The Balaban J connectivity index is 2.08. The molecule has 0 aromatic heterocycles. The quantitative estimate of drug-likeness (QED) is 0.856. The third-order valence-corrected chi connectivity index (χ3v) is 2.91. The van der Waals surface area contributed by atoms with Gasteiger partial charge in [-0.3, -0.25) is 4.79 Å². The second-order valence-corrected chi connectivity index (χ2v) is 4.30. The van der Waals surface area contributed by atoms with Gasteiger partial charge < -0.3 is 10.1 Å². The molecule has 2 rings (SSSR count). The number of hydrogen-bond donors (Lipinski definition) is 1. The Kier molecular flexibility index (Phi) is 3.61. The van der Waals surface area contributed by atoms with Gasteiger partial charge in [-0.2, -0.15) is 0 Å². The van der Waals surface area contributed by atoms with Crippen molar-refractivity contribution in [2.24, 2.45) is 0 Å². The largest absolute Gasteiger partial charge is 0.481 e. The summed E-state index contributed by atoms with van der Waals surface area (Å²) in [4.78, 5) is 11.6. The zero-order valence-corrected chi connectivity index (χ0v) is 9.83. The van der Waals surface area contributed by atoms with Crippen molar-refractivity contribution in [2.45, 2.75) is 32.3 Å². The summed E-state index contributed by atoms with van der Waals surface area (Å²) in [6, 6.07) is 4.67. The maximum absolute atomic E-state index is 13.3. The molecule has 1 N–H and O–H groups in total. The molecule has 17 heavy (non-hydrogen) atoms. The second-order valence-electron chi connectivity index (χ2n) is 4.30. The van der Waals surface area contributed by atoms with E-state index in [1.165, 1.54) is 6.07 Å². The first kappa shape index (κ1) is 11.9. The van der Waals surface area contributed by atoms with E-state index in [1.54, 1.807) is 19.1 Å². The molecule has 3 nitrogen and oxygen atoms in total. The summed E-state index contributed by atoms with van der Waals surface area (Å²) >= 11 is 0. The van der Waals surface area contributed by atoms with Crippen LogP contribution in [-0.4, -0.2) is 18.6 Å². The molecule has 1 aromatic carbocycles. The maximum atomic E-state index is 13.3. The SMILES string of the molecule is Cc1ccc(OC2CCCCNC2=O)cc1F. The summed E-state index contributed by atoms with van der Waals surface area (Å²) in [6.07, 6.45) is 2.09. The van der Waals surface area contributed by atoms with Crippen LogP contribution in [0.2, 0.25) is 0 Å². The molecule has 92 valence electrons. The van der Waals surface area contributed by atoms with Gasteiger partial charge in [-0.15, -0.1) is 0 Å². The summed E-state index contributed by atoms with van der Waals surface area (Å²) in [5, 5.41) is 2.78. The van der Waals surface area contributed by atoms with Crippen LogP contribution in [0.15, 0.2) is 18.2 Å². The van der Waals surface area contributed by atoms with Crippen LogP contribution in [0.25, 0.3) is 0 Å². The Hall–Kier alpha value is -1.58. The number of carbonyl (C=O) groups is 1. The number of rotatable bonds is 2. The third-order valence-electron chi connectivity index (χ3n) is 2.91. The Morgan fingerprint density at radius 3 is 3.00 bits per heavy atom. The van der Waals surface area contributed by atoms with Gasteiger partial charge in [0.2, 0.25) is 0 Å². The second kappa shape index (κ2) is 5.17. The summed E-state index contributed by atoms with van der Waals surface area (Å²) in [7, 11) is 0. The molecule has 4 heteroatoms. The summed E-state index contributed by atoms with van der Waals surface area (Å²) in [5.74, 6) is -0.00448. The van der Waals surface area contributed by atoms with Gasteiger partial charge in [0.1, 0.15) is 11.6 Å². The van der Waals surface area contributed by atoms with E-state index < -0.39 is 6.10 Å². The number of nitrogens with one attached hydrogen (secondary N) is 1. The molecule has 0 radical (unpaired) electrons. The zero-order chi connectivity index (χ0) is 12.3. The topological polar surface area (TPSA) is 38.3 Å². The molecule has 0 saturated carbocycles. The van der Waals surface area contributed by atoms with Crippen LogP contribution in [0.5, 0.6) is 5.75 Å². The van der Waals surface area contributed by atoms with E-state index in [0.29, 0.717) is 24.3 Å². The predicted molar refractivity (Wildman–Crippen MR) is 62.4 cm³/mol. The van der Waals surface area contributed by atoms with Crippen molar-refractivity contribution in [3.8, 4) is 5.75 Å². The van der Waals surface area contributed by atoms with E-state index in [1.807, 2.05) is 0 Å². The van der Waals surface area contributed by atoms with Crippen molar-refractivity contribution in [1.29, 1.82) is 0 Å². The summed E-state index contributed by atoms with van der Waals surface area (Å²) in [6.45, 7) is 2.39. The van der Waals surface area contributed by atoms with Crippen molar-refractivity contribution in [1.82, 2.24) is 5.32 Å². The fourth-order valence-electron chi connectivity index (χ4n) is 1.83. The number of halogens is 1. The number of benzene rings is 1. The molecule has 1 heterocycles. The number of hydrogen-bond acceptors (Lipinski definition) is 2. The van der Waals surface area contributed by atoms with Crippen molar-refractivity contribution in [3.63, 3.8) is 0 Å². The summed E-state index contributed by atoms with van der Waals surface area (Å²) < 4.78 is 18.9. The average Bonchev–Trinajstić information content (AvgIpc) is 2.50. The van der Waals surface area contributed by atoms with Crippen LogP contribution in [0.1, 0.15) is 24.8 Å². The van der Waals surface area contributed by atoms with Crippen LogP contribution in [0.3, 0.4) is 0 Å². The van der Waals surface area contributed by atoms with Gasteiger partial charge in [-0.25, -0.2) is 4.39 Å². The first-order chi connectivity index (χ1) is 8.16. The molecule has 1 aliphatic heterocycles. The molecule has 0 spiro atoms. The zero-order valence-electron chi connectivity index (χ0n) is 9.83. The fraction of sp³-hybridized carbons (Fsp3) is 0.462. The standard InChI is InChI=1S/C13H16FNO2/c1-9-5-6-10(8-11(9)14)17-12-4-2-3-7-15-13(12)16/h5-6,8,12H,2-4,7H2,1H3,(H,15,16). The first-order valence-corrected chi connectivity index (χ1v) is 5.87. The smallest absolute Gasteiger partial charge is 0.261 e. The lowest BCUT2D eigenvalue weighted by molar-refractivity contribution is -0.127. The van der Waals surface area contributed by atoms with Gasteiger partial charge >= 0.3 is 0 Å². The average molecular weight is 237 g/mol. The predicted octanol–water partition coefficient (Wildman–Crippen LogP) is 2.18. The number of ether oxygens (including phenoxy) is 1. The van der Waals surface area contributed by atoms with Gasteiger partial charge in [0.15, 0.2) is 6.10 Å². The minimum atomic E-state index is -0.500. The van der Waals surface area contributed by atoms with Gasteiger partial charge in [0, 0.05) is 12.6 Å². The molecule has 1 saturated heterocycles. The lowest BCUT2D eigenvalue weighted by atomic mass is 10.1. The van der Waals surface area contributed by atoms with Gasteiger partial charge in [0.25, 0.3) is 5.91 Å². The van der Waals surface area contributed by atoms with Crippen LogP contribution in [0, 0.1) is 12.7 Å². The summed E-state index contributed by atoms with van der Waals surface area (Å²) in [5.41, 5.74) is 0.572. The van der Waals surface area contributed by atoms with Gasteiger partial charge in [-0.1, -0.05) is 6.07 Å². The lowest BCUT2D eigenvalue weighted by Gasteiger charge is -2.16. The van der Waals surface area contributed by atoms with Crippen molar-refractivity contribution in [3.05, 3.63) is 29.6 Å². The van der Waals surface area contributed by atoms with Crippen molar-refractivity contribution >= 4 is 5.91 Å². The normalized spacial score (nSPS) is 20.6. The highest BCUT2D eigenvalue weighted by molar-refractivity contribution is 5.81. The van der Waals surface area contributed by atoms with E-state index in [4.69, 9.17) is 4.74 Å². The van der Waals surface area contributed by atoms with E-state index in [0.717, 1.165) is 12.8 Å². The van der Waals surface area contributed by atoms with Crippen LogP contribution in [-0.2, 0) is 4.79 Å². The molecule has 0 aliphatic carbocycles. The van der Waals surface area contributed by atoms with E-state index in [9.17, 15) is 9.18 Å². The number of amides is 1. The Morgan fingerprint density at radius 2 is 2.24 bits per heavy atom. The molecule has 0 bridgehead atoms. The maximum Gasteiger partial charge on any atom is 0.261 e. The minimum Gasteiger partial charge on any atom is -0.481 e. The molecule has 1 aromatic rings. The van der Waals surface area contributed by atoms with Gasteiger partial charge in [-0.05, 0) is 37.8 Å². The molecule has 1 amide bonds. The Labute approximate surface area is 100.0 Å². The minimum absolute atomic E-state index is 0.108. The van der Waals surface area contributed by atoms with Crippen molar-refractivity contribution < 1.29 is 13.9 Å². The number of carbonyl (C=O) groups excluding carboxylic acids is 1. The lowest BCUT2D eigenvalue weighted by Crippen LogP contribution is -2.36. The molecule has 1 unspecified atom stereocenters. The highest BCUT2D eigenvalue weighted by Gasteiger charge is 2.22. The van der Waals surface area contributed by atoms with E-state index >= 15 is 0 Å². The van der Waals surface area contributed by atoms with Crippen LogP contribution >= 0.6 is 0 Å². The molecule has 1 atom stereocenters. The van der Waals surface area contributed by atoms with E-state index in [-0.39, 0.29) is 11.7 Å². The molecular formula is C13H16FNO2. The van der Waals surface area contributed by atoms with Crippen LogP contribution < -0.4 is 10.1 Å². The number of aryl methyl sites for hydroxylation is 1. The van der Waals surface area contributed by atoms with Crippen LogP contribution in [0.4, 0.5) is 4.39 Å². The monoisotopic (exact) mass is 237 g/mol. The Morgan fingerprint density at radius 1 is 1.41 bits per heavy atom. The first-order valence-electron chi connectivity index (χ1n) is 5.87. The molecular weight excluding hydrogens is 221 g/mol. The fourth-order valence-corrected chi connectivity index (χ4v) is 1.83. The highest BCUT2D eigenvalue weighted by atomic mass is 19.1. The van der Waals surface area contributed by atoms with Crippen molar-refractivity contribution in [2.75, 3.05) is 6.54 Å². The van der Waals surface area contributed by atoms with Gasteiger partial charge in [0.05, 0.1) is 0 Å². The van der Waals surface area contributed by atoms with E-state index in [2.05, 4.69) is 5.32 Å². The Bertz CT molecular complexity index is 420. The highest BCUT2D eigenvalue weighted by Crippen LogP contribution is 2.19. The molecule has 1 aliphatic rings. The molecule has 1 fully saturated rings.